The fourth-order valence-electron chi connectivity index (χ4n) is 7.52. The second-order valence-corrected chi connectivity index (χ2v) is 16.0. The van der Waals surface area contributed by atoms with Crippen molar-refractivity contribution < 1.29 is 13.4 Å². The minimum atomic E-state index is -3.10. The molecule has 0 N–H and O–H groups in total. The van der Waals surface area contributed by atoms with Crippen LogP contribution in [0.3, 0.4) is 0 Å². The zero-order valence-electron chi connectivity index (χ0n) is 28.1. The van der Waals surface area contributed by atoms with Gasteiger partial charge in [0.1, 0.15) is 22.3 Å². The van der Waals surface area contributed by atoms with Gasteiger partial charge in [-0.05, 0) is 88.0 Å². The number of hydrogen-bond acceptors (Lipinski definition) is 3. The zero-order valence-corrected chi connectivity index (χ0v) is 29.0. The van der Waals surface area contributed by atoms with E-state index in [0.29, 0.717) is 0 Å². The lowest BCUT2D eigenvalue weighted by molar-refractivity contribution is 0.592. The van der Waals surface area contributed by atoms with Crippen molar-refractivity contribution in [3.8, 4) is 33.4 Å². The summed E-state index contributed by atoms with van der Waals surface area (Å²) in [6, 6.07) is 63.9. The van der Waals surface area contributed by atoms with Crippen LogP contribution in [0.25, 0.3) is 77.3 Å². The summed E-state index contributed by atoms with van der Waals surface area (Å²) >= 11 is 0. The Kier molecular flexibility index (Phi) is 7.09. The van der Waals surface area contributed by atoms with Crippen LogP contribution in [0.15, 0.2) is 197 Å². The first-order valence-electron chi connectivity index (χ1n) is 17.4. The lowest BCUT2D eigenvalue weighted by Crippen LogP contribution is -2.25. The van der Waals surface area contributed by atoms with E-state index < -0.39 is 7.14 Å². The van der Waals surface area contributed by atoms with Crippen molar-refractivity contribution in [2.24, 2.45) is 0 Å². The molecular weight excluding hydrogens is 655 g/mol. The van der Waals surface area contributed by atoms with Crippen LogP contribution in [0, 0.1) is 0 Å². The predicted molar refractivity (Wildman–Crippen MR) is 217 cm³/mol. The average Bonchev–Trinajstić information content (AvgIpc) is 3.78. The van der Waals surface area contributed by atoms with Crippen molar-refractivity contribution in [1.82, 2.24) is 0 Å². The fraction of sp³-hybridized carbons (Fsp3) is 0. The van der Waals surface area contributed by atoms with Gasteiger partial charge in [0.2, 0.25) is 0 Å². The molecule has 0 spiro atoms. The highest BCUT2D eigenvalue weighted by Gasteiger charge is 2.29. The van der Waals surface area contributed by atoms with Crippen LogP contribution in [0.5, 0.6) is 0 Å². The third kappa shape index (κ3) is 5.01. The Labute approximate surface area is 300 Å². The predicted octanol–water partition coefficient (Wildman–Crippen LogP) is 12.1. The maximum atomic E-state index is 15.1. The van der Waals surface area contributed by atoms with E-state index in [1.54, 1.807) is 0 Å². The fourth-order valence-corrected chi connectivity index (χ4v) is 10.2. The van der Waals surface area contributed by atoms with Crippen LogP contribution < -0.4 is 15.9 Å². The average molecular weight is 687 g/mol. The molecule has 0 aliphatic carbocycles. The second-order valence-electron chi connectivity index (χ2n) is 13.2. The largest absolute Gasteiger partial charge is 0.456 e. The van der Waals surface area contributed by atoms with Gasteiger partial charge in [-0.25, -0.2) is 0 Å². The van der Waals surface area contributed by atoms with E-state index >= 15 is 4.57 Å². The standard InChI is InChI=1S/C48H31O3P/c49-52(38-14-3-1-4-15-38,39-16-5-2-6-17-39)40-18-10-13-34(28-40)32-11-9-12-33(27-32)35-21-25-47-43(30-35)44-31-37(23-26-48(44)51-47)36-22-24-46-42(29-36)41-19-7-8-20-45(41)50-46/h1-31H. The van der Waals surface area contributed by atoms with E-state index in [1.807, 2.05) is 91.0 Å². The topological polar surface area (TPSA) is 43.4 Å². The Morgan fingerprint density at radius 2 is 0.673 bits per heavy atom. The Morgan fingerprint density at radius 3 is 1.21 bits per heavy atom. The van der Waals surface area contributed by atoms with Crippen LogP contribution in [0.2, 0.25) is 0 Å². The van der Waals surface area contributed by atoms with Crippen molar-refractivity contribution in [3.05, 3.63) is 188 Å². The van der Waals surface area contributed by atoms with Gasteiger partial charge in [0.05, 0.1) is 0 Å². The van der Waals surface area contributed by atoms with Gasteiger partial charge >= 0.3 is 0 Å². The molecule has 0 saturated carbocycles. The molecule has 10 aromatic rings. The summed E-state index contributed by atoms with van der Waals surface area (Å²) in [6.45, 7) is 0. The van der Waals surface area contributed by atoms with Gasteiger partial charge in [-0.2, -0.15) is 0 Å². The number of para-hydroxylation sites is 1. The van der Waals surface area contributed by atoms with Crippen molar-refractivity contribution in [1.29, 1.82) is 0 Å². The quantitative estimate of drug-likeness (QED) is 0.164. The van der Waals surface area contributed by atoms with Crippen LogP contribution in [-0.4, -0.2) is 0 Å². The molecule has 0 aliphatic heterocycles. The van der Waals surface area contributed by atoms with Crippen molar-refractivity contribution >= 4 is 66.9 Å². The summed E-state index contributed by atoms with van der Waals surface area (Å²) in [5.41, 5.74) is 10.0. The number of fused-ring (bicyclic) bond motifs is 6. The van der Waals surface area contributed by atoms with Gasteiger partial charge in [-0.1, -0.05) is 133 Å². The third-order valence-electron chi connectivity index (χ3n) is 10.2. The summed E-state index contributed by atoms with van der Waals surface area (Å²) < 4.78 is 27.5. The monoisotopic (exact) mass is 686 g/mol. The maximum absolute atomic E-state index is 15.1. The SMILES string of the molecule is O=P(c1ccccc1)(c1ccccc1)c1cccc(-c2cccc(-c3ccc4oc5ccc(-c6ccc7oc8ccccc8c7c6)cc5c4c3)c2)c1. The number of rotatable bonds is 6. The number of furan rings is 2. The highest BCUT2D eigenvalue weighted by molar-refractivity contribution is 7.85. The molecule has 52 heavy (non-hydrogen) atoms. The van der Waals surface area contributed by atoms with Gasteiger partial charge in [0.15, 0.2) is 7.14 Å². The molecule has 0 fully saturated rings. The molecule has 0 unspecified atom stereocenters. The lowest BCUT2D eigenvalue weighted by Gasteiger charge is -2.20. The summed E-state index contributed by atoms with van der Waals surface area (Å²) in [7, 11) is -3.10. The molecule has 10 rings (SSSR count). The van der Waals surface area contributed by atoms with E-state index in [2.05, 4.69) is 97.1 Å². The van der Waals surface area contributed by atoms with Gasteiger partial charge in [-0.15, -0.1) is 0 Å². The Bertz CT molecular complexity index is 2950. The van der Waals surface area contributed by atoms with Gasteiger partial charge in [0.25, 0.3) is 0 Å². The van der Waals surface area contributed by atoms with Crippen LogP contribution in [-0.2, 0) is 4.57 Å². The first-order chi connectivity index (χ1) is 25.6. The molecule has 4 heteroatoms. The molecule has 0 atom stereocenters. The second kappa shape index (κ2) is 12.1. The van der Waals surface area contributed by atoms with Crippen molar-refractivity contribution in [2.45, 2.75) is 0 Å². The van der Waals surface area contributed by atoms with Crippen LogP contribution >= 0.6 is 7.14 Å². The number of benzene rings is 8. The van der Waals surface area contributed by atoms with E-state index in [1.165, 1.54) is 0 Å². The van der Waals surface area contributed by atoms with E-state index in [0.717, 1.165) is 93.2 Å². The molecule has 2 aromatic heterocycles. The van der Waals surface area contributed by atoms with E-state index in [-0.39, 0.29) is 0 Å². The van der Waals surface area contributed by atoms with Crippen LogP contribution in [0.1, 0.15) is 0 Å². The third-order valence-corrected chi connectivity index (χ3v) is 13.2. The Hall–Kier alpha value is -6.41. The molecule has 0 radical (unpaired) electrons. The highest BCUT2D eigenvalue weighted by atomic mass is 31.2. The lowest BCUT2D eigenvalue weighted by atomic mass is 9.97. The molecule has 2 heterocycles. The molecule has 0 saturated heterocycles. The molecule has 0 bridgehead atoms. The van der Waals surface area contributed by atoms with Gasteiger partial charge in [-0.3, -0.25) is 0 Å². The number of hydrogen-bond donors (Lipinski definition) is 0. The van der Waals surface area contributed by atoms with E-state index in [9.17, 15) is 0 Å². The Balaban J connectivity index is 1.04. The Morgan fingerprint density at radius 1 is 0.288 bits per heavy atom. The van der Waals surface area contributed by atoms with Crippen molar-refractivity contribution in [3.63, 3.8) is 0 Å². The molecule has 246 valence electrons. The molecule has 8 aromatic carbocycles. The zero-order chi connectivity index (χ0) is 34.6. The highest BCUT2D eigenvalue weighted by Crippen LogP contribution is 2.43. The first-order valence-corrected chi connectivity index (χ1v) is 19.1. The normalized spacial score (nSPS) is 11.9. The minimum absolute atomic E-state index is 0.815. The summed E-state index contributed by atoms with van der Waals surface area (Å²) in [6.07, 6.45) is 0. The smallest absolute Gasteiger partial charge is 0.171 e. The van der Waals surface area contributed by atoms with Crippen molar-refractivity contribution in [2.75, 3.05) is 0 Å². The van der Waals surface area contributed by atoms with Gasteiger partial charge in [0, 0.05) is 37.5 Å². The van der Waals surface area contributed by atoms with Crippen LogP contribution in [0.4, 0.5) is 0 Å². The maximum Gasteiger partial charge on any atom is 0.171 e. The summed E-state index contributed by atoms with van der Waals surface area (Å²) in [5, 5.41) is 6.85. The summed E-state index contributed by atoms with van der Waals surface area (Å²) in [5.74, 6) is 0. The molecule has 0 aliphatic rings. The first kappa shape index (κ1) is 30.4. The summed E-state index contributed by atoms with van der Waals surface area (Å²) in [4.78, 5) is 0. The van der Waals surface area contributed by atoms with Gasteiger partial charge < -0.3 is 13.4 Å². The van der Waals surface area contributed by atoms with E-state index in [4.69, 9.17) is 8.83 Å². The molecular formula is C48H31O3P. The molecule has 0 amide bonds. The molecule has 3 nitrogen and oxygen atoms in total. The minimum Gasteiger partial charge on any atom is -0.456 e.